The molecule has 1 unspecified atom stereocenters. The van der Waals surface area contributed by atoms with Gasteiger partial charge in [-0.15, -0.1) is 5.10 Å². The van der Waals surface area contributed by atoms with E-state index in [0.717, 1.165) is 23.1 Å². The molecule has 188 valence electrons. The molecule has 0 aliphatic heterocycles. The minimum atomic E-state index is -0.608. The van der Waals surface area contributed by atoms with Crippen molar-refractivity contribution in [2.45, 2.75) is 25.6 Å². The first kappa shape index (κ1) is 25.5. The number of aromatic nitrogens is 3. The first-order valence-electron chi connectivity index (χ1n) is 11.4. The molecule has 10 heteroatoms. The molecule has 0 bridgehead atoms. The van der Waals surface area contributed by atoms with Gasteiger partial charge >= 0.3 is 5.69 Å². The van der Waals surface area contributed by atoms with Crippen molar-refractivity contribution < 1.29 is 9.50 Å². The van der Waals surface area contributed by atoms with Crippen molar-refractivity contribution in [3.8, 4) is 28.9 Å². The lowest BCUT2D eigenvalue weighted by Crippen LogP contribution is -2.30. The maximum atomic E-state index is 15.0. The Morgan fingerprint density at radius 3 is 2.62 bits per heavy atom. The van der Waals surface area contributed by atoms with Crippen molar-refractivity contribution in [3.63, 3.8) is 0 Å². The summed E-state index contributed by atoms with van der Waals surface area (Å²) in [4.78, 5) is 15.3. The largest absolute Gasteiger partial charge is 0.378 e. The number of rotatable bonds is 6. The van der Waals surface area contributed by atoms with Crippen molar-refractivity contribution >= 4 is 34.8 Å². The first-order valence-corrected chi connectivity index (χ1v) is 12.6. The molecule has 5 rings (SSSR count). The summed E-state index contributed by atoms with van der Waals surface area (Å²) in [6, 6.07) is 14.4. The Morgan fingerprint density at radius 2 is 1.86 bits per heavy atom. The molecule has 1 aromatic heterocycles. The van der Waals surface area contributed by atoms with Gasteiger partial charge in [0.25, 0.3) is 0 Å². The van der Waals surface area contributed by atoms with Crippen LogP contribution in [0.2, 0.25) is 15.1 Å². The van der Waals surface area contributed by atoms with E-state index in [9.17, 15) is 14.3 Å². The second kappa shape index (κ2) is 10.7. The fourth-order valence-electron chi connectivity index (χ4n) is 3.76. The predicted octanol–water partition coefficient (Wildman–Crippen LogP) is 5.54. The summed E-state index contributed by atoms with van der Waals surface area (Å²) in [6.07, 6.45) is 1.44. The van der Waals surface area contributed by atoms with Gasteiger partial charge in [0.05, 0.1) is 21.3 Å². The van der Waals surface area contributed by atoms with Crippen LogP contribution in [0.25, 0.3) is 17.1 Å². The number of aliphatic hydroxyl groups excluding tert-OH is 1. The lowest BCUT2D eigenvalue weighted by molar-refractivity contribution is 0.113. The zero-order chi connectivity index (χ0) is 26.1. The summed E-state index contributed by atoms with van der Waals surface area (Å²) < 4.78 is 16.1. The molecular formula is C27H20Cl3FN4O2. The van der Waals surface area contributed by atoms with Gasteiger partial charge in [-0.1, -0.05) is 52.7 Å². The summed E-state index contributed by atoms with van der Waals surface area (Å²) in [5.41, 5.74) is 1.62. The Kier molecular flexibility index (Phi) is 7.38. The molecule has 1 saturated carbocycles. The number of hydrogen-bond donors (Lipinski definition) is 3. The SMILES string of the molecule is O=c1[nH]c(-c2ccc(C#Cc3cc(Cl)ccc3Cl)cc2F)nn1-c1cc(CNC(O)C2CC2)ccc1Cl. The highest BCUT2D eigenvalue weighted by molar-refractivity contribution is 6.34. The Labute approximate surface area is 227 Å². The highest BCUT2D eigenvalue weighted by Gasteiger charge is 2.29. The van der Waals surface area contributed by atoms with E-state index >= 15 is 0 Å². The fraction of sp³-hybridized carbons (Fsp3) is 0.185. The Hall–Kier alpha value is -3.12. The second-order valence-electron chi connectivity index (χ2n) is 8.71. The smallest absolute Gasteiger partial charge is 0.348 e. The highest BCUT2D eigenvalue weighted by Crippen LogP contribution is 2.31. The maximum absolute atomic E-state index is 15.0. The molecule has 1 heterocycles. The van der Waals surface area contributed by atoms with E-state index in [1.165, 1.54) is 12.1 Å². The zero-order valence-corrected chi connectivity index (χ0v) is 21.5. The van der Waals surface area contributed by atoms with Crippen LogP contribution < -0.4 is 11.0 Å². The summed E-state index contributed by atoms with van der Waals surface area (Å²) >= 11 is 18.5. The number of aromatic amines is 1. The number of nitrogens with zero attached hydrogens (tertiary/aromatic N) is 2. The van der Waals surface area contributed by atoms with Crippen molar-refractivity contribution in [2.24, 2.45) is 5.92 Å². The van der Waals surface area contributed by atoms with Gasteiger partial charge in [0, 0.05) is 22.7 Å². The maximum Gasteiger partial charge on any atom is 0.348 e. The molecule has 1 aliphatic carbocycles. The highest BCUT2D eigenvalue weighted by atomic mass is 35.5. The van der Waals surface area contributed by atoms with Crippen LogP contribution in [0, 0.1) is 23.6 Å². The Balaban J connectivity index is 1.39. The number of hydrogen-bond acceptors (Lipinski definition) is 4. The van der Waals surface area contributed by atoms with Gasteiger partial charge in [0.2, 0.25) is 0 Å². The topological polar surface area (TPSA) is 82.9 Å². The van der Waals surface area contributed by atoms with Crippen molar-refractivity contribution in [1.82, 2.24) is 20.1 Å². The van der Waals surface area contributed by atoms with Gasteiger partial charge in [0.1, 0.15) is 12.0 Å². The van der Waals surface area contributed by atoms with Crippen LogP contribution in [0.3, 0.4) is 0 Å². The minimum absolute atomic E-state index is 0.0450. The van der Waals surface area contributed by atoms with E-state index in [1.807, 2.05) is 0 Å². The van der Waals surface area contributed by atoms with Gasteiger partial charge in [-0.2, -0.15) is 4.68 Å². The number of halogens is 4. The van der Waals surface area contributed by atoms with Crippen LogP contribution in [-0.2, 0) is 6.54 Å². The minimum Gasteiger partial charge on any atom is -0.378 e. The van der Waals surface area contributed by atoms with Crippen LogP contribution in [0.5, 0.6) is 0 Å². The molecule has 1 atom stereocenters. The number of benzene rings is 3. The van der Waals surface area contributed by atoms with Crippen LogP contribution in [0.15, 0.2) is 59.4 Å². The van der Waals surface area contributed by atoms with Gasteiger partial charge in [-0.25, -0.2) is 9.18 Å². The third-order valence-electron chi connectivity index (χ3n) is 5.93. The lowest BCUT2D eigenvalue weighted by atomic mass is 10.1. The molecule has 1 aliphatic rings. The summed E-state index contributed by atoms with van der Waals surface area (Å²) in [6.45, 7) is 0.394. The van der Waals surface area contributed by atoms with E-state index in [2.05, 4.69) is 27.2 Å². The molecule has 0 saturated heterocycles. The molecule has 37 heavy (non-hydrogen) atoms. The molecule has 0 spiro atoms. The number of H-pyrrole nitrogens is 1. The van der Waals surface area contributed by atoms with Crippen molar-refractivity contribution in [3.05, 3.63) is 103 Å². The summed E-state index contributed by atoms with van der Waals surface area (Å²) in [7, 11) is 0. The molecule has 0 radical (unpaired) electrons. The summed E-state index contributed by atoms with van der Waals surface area (Å²) in [5.74, 6) is 5.47. The molecule has 6 nitrogen and oxygen atoms in total. The average Bonchev–Trinajstić information content (AvgIpc) is 3.66. The van der Waals surface area contributed by atoms with Crippen LogP contribution >= 0.6 is 34.8 Å². The average molecular weight is 558 g/mol. The van der Waals surface area contributed by atoms with E-state index < -0.39 is 17.7 Å². The predicted molar refractivity (Wildman–Crippen MR) is 143 cm³/mol. The number of aliphatic hydroxyl groups is 1. The van der Waals surface area contributed by atoms with Gasteiger partial charge in [0.15, 0.2) is 5.82 Å². The molecule has 4 aromatic rings. The normalized spacial score (nSPS) is 13.8. The van der Waals surface area contributed by atoms with E-state index in [1.54, 1.807) is 42.5 Å². The Bertz CT molecular complexity index is 1600. The standard InChI is InChI=1S/C27H20Cl3FN4O2/c28-19-7-10-21(29)18(13-19)4-1-15-2-8-20(23(31)11-15)25-33-27(37)35(34-25)24-12-16(3-9-22(24)30)14-32-26(36)17-5-6-17/h2-3,7-13,17,26,32,36H,5-6,14H2,(H,33,34,37). The second-order valence-corrected chi connectivity index (χ2v) is 9.96. The van der Waals surface area contributed by atoms with Crippen LogP contribution in [0.4, 0.5) is 4.39 Å². The molecule has 1 fully saturated rings. The molecule has 3 aromatic carbocycles. The van der Waals surface area contributed by atoms with Crippen molar-refractivity contribution in [2.75, 3.05) is 0 Å². The molecule has 3 N–H and O–H groups in total. The zero-order valence-electron chi connectivity index (χ0n) is 19.2. The molecular weight excluding hydrogens is 538 g/mol. The van der Waals surface area contributed by atoms with Gasteiger partial charge in [-0.3, -0.25) is 10.3 Å². The first-order chi connectivity index (χ1) is 17.8. The molecule has 0 amide bonds. The van der Waals surface area contributed by atoms with Crippen LogP contribution in [-0.4, -0.2) is 26.1 Å². The Morgan fingerprint density at radius 1 is 1.08 bits per heavy atom. The van der Waals surface area contributed by atoms with E-state index in [4.69, 9.17) is 34.8 Å². The van der Waals surface area contributed by atoms with Gasteiger partial charge < -0.3 is 5.11 Å². The van der Waals surface area contributed by atoms with E-state index in [0.29, 0.717) is 38.4 Å². The van der Waals surface area contributed by atoms with Crippen LogP contribution in [0.1, 0.15) is 29.5 Å². The monoisotopic (exact) mass is 556 g/mol. The van der Waals surface area contributed by atoms with Crippen molar-refractivity contribution in [1.29, 1.82) is 0 Å². The fourth-order valence-corrected chi connectivity index (χ4v) is 4.29. The third-order valence-corrected chi connectivity index (χ3v) is 6.82. The number of nitrogens with one attached hydrogen (secondary N) is 2. The third kappa shape index (κ3) is 5.90. The van der Waals surface area contributed by atoms with E-state index in [-0.39, 0.29) is 17.3 Å². The van der Waals surface area contributed by atoms with Gasteiger partial charge in [-0.05, 0) is 72.9 Å². The lowest BCUT2D eigenvalue weighted by Gasteiger charge is -2.12. The summed E-state index contributed by atoms with van der Waals surface area (Å²) in [5, 5.41) is 18.6. The quantitative estimate of drug-likeness (QED) is 0.215.